The van der Waals surface area contributed by atoms with Crippen molar-refractivity contribution in [2.75, 3.05) is 10.6 Å². The molecule has 0 unspecified atom stereocenters. The number of hydrogen-bond donors (Lipinski definition) is 2. The Morgan fingerprint density at radius 1 is 1.00 bits per heavy atom. The van der Waals surface area contributed by atoms with Crippen molar-refractivity contribution < 1.29 is 26.6 Å². The van der Waals surface area contributed by atoms with Gasteiger partial charge in [0.05, 0.1) is 0 Å². The molecule has 0 radical (unpaired) electrons. The average Bonchev–Trinajstić information content (AvgIpc) is 2.39. The molecule has 0 atom stereocenters. The van der Waals surface area contributed by atoms with Gasteiger partial charge < -0.3 is 23.0 Å². The van der Waals surface area contributed by atoms with Crippen LogP contribution in [-0.2, 0) is 16.1 Å². The van der Waals surface area contributed by atoms with Crippen molar-refractivity contribution in [3.8, 4) is 0 Å². The number of benzene rings is 1. The van der Waals surface area contributed by atoms with Crippen molar-refractivity contribution in [2.45, 2.75) is 13.5 Å². The summed E-state index contributed by atoms with van der Waals surface area (Å²) in [6.45, 7) is 1.68. The second kappa shape index (κ2) is 8.01. The summed E-state index contributed by atoms with van der Waals surface area (Å²) in [5, 5.41) is 5.47. The van der Waals surface area contributed by atoms with Crippen molar-refractivity contribution in [2.24, 2.45) is 0 Å². The van der Waals surface area contributed by atoms with Gasteiger partial charge in [0, 0.05) is 30.4 Å². The fourth-order valence-corrected chi connectivity index (χ4v) is 1.78. The Morgan fingerprint density at radius 3 is 2.24 bits per heavy atom. The van der Waals surface area contributed by atoms with Crippen LogP contribution in [0.15, 0.2) is 54.9 Å². The molecule has 2 aromatic rings. The quantitative estimate of drug-likeness (QED) is 0.681. The minimum absolute atomic E-state index is 0. The van der Waals surface area contributed by atoms with Crippen LogP contribution in [0.4, 0.5) is 11.4 Å². The first-order valence-electron chi connectivity index (χ1n) is 6.25. The highest BCUT2D eigenvalue weighted by atomic mass is 35.5. The fourth-order valence-electron chi connectivity index (χ4n) is 1.78. The lowest BCUT2D eigenvalue weighted by Crippen LogP contribution is -3.00. The van der Waals surface area contributed by atoms with E-state index in [1.54, 1.807) is 28.8 Å². The lowest BCUT2D eigenvalue weighted by Gasteiger charge is -2.06. The minimum Gasteiger partial charge on any atom is -1.00 e. The van der Waals surface area contributed by atoms with Crippen LogP contribution in [0.2, 0.25) is 0 Å². The standard InChI is InChI=1S/C15H15N3O2.ClH/c1-12(19)16-13-6-5-7-14(10-13)17-15(20)11-18-8-3-2-4-9-18;/h2-10H,11H2,1H3,(H-,16,17,19,20);1H. The highest BCUT2D eigenvalue weighted by molar-refractivity contribution is 5.92. The van der Waals surface area contributed by atoms with Crippen LogP contribution in [0.25, 0.3) is 0 Å². The fraction of sp³-hybridized carbons (Fsp3) is 0.133. The Morgan fingerprint density at radius 2 is 1.62 bits per heavy atom. The van der Waals surface area contributed by atoms with Crippen LogP contribution in [0, 0.1) is 0 Å². The lowest BCUT2D eigenvalue weighted by molar-refractivity contribution is -0.684. The predicted octanol–water partition coefficient (Wildman–Crippen LogP) is -1.42. The molecule has 21 heavy (non-hydrogen) atoms. The third-order valence-electron chi connectivity index (χ3n) is 2.57. The first-order valence-corrected chi connectivity index (χ1v) is 6.25. The van der Waals surface area contributed by atoms with E-state index < -0.39 is 0 Å². The molecule has 5 nitrogen and oxygen atoms in total. The molecular weight excluding hydrogens is 290 g/mol. The van der Waals surface area contributed by atoms with Crippen LogP contribution in [0.3, 0.4) is 0 Å². The Balaban J connectivity index is 0.00000220. The van der Waals surface area contributed by atoms with Gasteiger partial charge in [0.2, 0.25) is 12.5 Å². The first kappa shape index (κ1) is 16.7. The number of halogens is 1. The third kappa shape index (κ3) is 5.62. The van der Waals surface area contributed by atoms with Crippen LogP contribution in [0.1, 0.15) is 6.92 Å². The number of rotatable bonds is 4. The number of anilines is 2. The molecule has 110 valence electrons. The molecule has 6 heteroatoms. The SMILES string of the molecule is CC(=O)Nc1cccc(NC(=O)C[n+]2ccccc2)c1.[Cl-]. The lowest BCUT2D eigenvalue weighted by atomic mass is 10.2. The number of carbonyl (C=O) groups is 2. The number of carbonyl (C=O) groups excluding carboxylic acids is 2. The van der Waals surface area contributed by atoms with Crippen molar-refractivity contribution in [1.82, 2.24) is 0 Å². The van der Waals surface area contributed by atoms with Gasteiger partial charge in [-0.1, -0.05) is 12.1 Å². The maximum absolute atomic E-state index is 11.9. The molecule has 0 aliphatic carbocycles. The monoisotopic (exact) mass is 305 g/mol. The Labute approximate surface area is 129 Å². The summed E-state index contributed by atoms with van der Waals surface area (Å²) in [4.78, 5) is 22.9. The maximum Gasteiger partial charge on any atom is 0.290 e. The van der Waals surface area contributed by atoms with Gasteiger partial charge in [0.25, 0.3) is 5.91 Å². The molecule has 2 rings (SSSR count). The molecule has 0 fully saturated rings. The number of pyridine rings is 1. The van der Waals surface area contributed by atoms with Crippen molar-refractivity contribution in [1.29, 1.82) is 0 Å². The van der Waals surface area contributed by atoms with Gasteiger partial charge in [-0.2, -0.15) is 4.57 Å². The number of nitrogens with zero attached hydrogens (tertiary/aromatic N) is 1. The van der Waals surface area contributed by atoms with Crippen LogP contribution in [0.5, 0.6) is 0 Å². The van der Waals surface area contributed by atoms with Crippen LogP contribution >= 0.6 is 0 Å². The van der Waals surface area contributed by atoms with Gasteiger partial charge in [-0.05, 0) is 18.2 Å². The molecule has 2 N–H and O–H groups in total. The molecule has 0 aliphatic rings. The topological polar surface area (TPSA) is 62.1 Å². The summed E-state index contributed by atoms with van der Waals surface area (Å²) in [6.07, 6.45) is 3.65. The first-order chi connectivity index (χ1) is 9.63. The molecule has 0 spiro atoms. The van der Waals surface area contributed by atoms with Crippen molar-refractivity contribution >= 4 is 23.2 Å². The minimum atomic E-state index is -0.145. The third-order valence-corrected chi connectivity index (χ3v) is 2.57. The van der Waals surface area contributed by atoms with Crippen LogP contribution < -0.4 is 27.6 Å². The normalized spacial score (nSPS) is 9.38. The van der Waals surface area contributed by atoms with Gasteiger partial charge in [-0.25, -0.2) is 0 Å². The zero-order valence-corrected chi connectivity index (χ0v) is 12.3. The Kier molecular flexibility index (Phi) is 6.36. The molecule has 0 saturated heterocycles. The number of hydrogen-bond acceptors (Lipinski definition) is 2. The van der Waals surface area contributed by atoms with Gasteiger partial charge >= 0.3 is 0 Å². The Bertz CT molecular complexity index is 617. The van der Waals surface area contributed by atoms with E-state index in [4.69, 9.17) is 0 Å². The molecule has 0 aliphatic heterocycles. The van der Waals surface area contributed by atoms with E-state index in [1.165, 1.54) is 6.92 Å². The van der Waals surface area contributed by atoms with Gasteiger partial charge in [-0.3, -0.25) is 9.59 Å². The summed E-state index contributed by atoms with van der Waals surface area (Å²) < 4.78 is 1.78. The van der Waals surface area contributed by atoms with E-state index in [9.17, 15) is 9.59 Å². The number of nitrogens with one attached hydrogen (secondary N) is 2. The molecule has 1 heterocycles. The zero-order chi connectivity index (χ0) is 14.4. The zero-order valence-electron chi connectivity index (χ0n) is 11.5. The van der Waals surface area contributed by atoms with E-state index >= 15 is 0 Å². The molecule has 1 aromatic carbocycles. The smallest absolute Gasteiger partial charge is 0.290 e. The number of amides is 2. The van der Waals surface area contributed by atoms with Crippen molar-refractivity contribution in [3.05, 3.63) is 54.9 Å². The van der Waals surface area contributed by atoms with Crippen molar-refractivity contribution in [3.63, 3.8) is 0 Å². The summed E-state index contributed by atoms with van der Waals surface area (Å²) in [7, 11) is 0. The molecular formula is C15H16ClN3O2. The van der Waals surface area contributed by atoms with E-state index in [2.05, 4.69) is 10.6 Å². The van der Waals surface area contributed by atoms with Gasteiger partial charge in [0.1, 0.15) is 0 Å². The predicted molar refractivity (Wildman–Crippen MR) is 76.0 cm³/mol. The van der Waals surface area contributed by atoms with E-state index in [-0.39, 0.29) is 30.8 Å². The second-order valence-electron chi connectivity index (χ2n) is 4.36. The van der Waals surface area contributed by atoms with Gasteiger partial charge in [-0.15, -0.1) is 0 Å². The number of aromatic nitrogens is 1. The molecule has 0 saturated carbocycles. The average molecular weight is 306 g/mol. The summed E-state index contributed by atoms with van der Waals surface area (Å²) >= 11 is 0. The molecule has 2 amide bonds. The molecule has 0 bridgehead atoms. The summed E-state index contributed by atoms with van der Waals surface area (Å²) in [6, 6.07) is 12.7. The maximum atomic E-state index is 11.9. The summed E-state index contributed by atoms with van der Waals surface area (Å²) in [5.41, 5.74) is 1.31. The highest BCUT2D eigenvalue weighted by Crippen LogP contribution is 2.14. The van der Waals surface area contributed by atoms with E-state index in [1.807, 2.05) is 30.6 Å². The largest absolute Gasteiger partial charge is 1.00 e. The Hall–Kier alpha value is -2.40. The highest BCUT2D eigenvalue weighted by Gasteiger charge is 2.09. The van der Waals surface area contributed by atoms with Crippen LogP contribution in [-0.4, -0.2) is 11.8 Å². The van der Waals surface area contributed by atoms with E-state index in [0.717, 1.165) is 0 Å². The van der Waals surface area contributed by atoms with Gasteiger partial charge in [0.15, 0.2) is 12.4 Å². The summed E-state index contributed by atoms with van der Waals surface area (Å²) in [5.74, 6) is -0.269. The second-order valence-corrected chi connectivity index (χ2v) is 4.36. The molecule has 1 aromatic heterocycles. The van der Waals surface area contributed by atoms with E-state index in [0.29, 0.717) is 11.4 Å².